The summed E-state index contributed by atoms with van der Waals surface area (Å²) in [6.45, 7) is 1.43. The molecule has 1 aliphatic rings. The van der Waals surface area contributed by atoms with Crippen molar-refractivity contribution in [3.05, 3.63) is 53.7 Å². The first-order valence-electron chi connectivity index (χ1n) is 6.85. The highest BCUT2D eigenvalue weighted by molar-refractivity contribution is 5.34. The molecule has 2 aromatic rings. The summed E-state index contributed by atoms with van der Waals surface area (Å²) in [5.41, 5.74) is 1.57. The van der Waals surface area contributed by atoms with E-state index in [1.807, 2.05) is 6.07 Å². The summed E-state index contributed by atoms with van der Waals surface area (Å²) in [5.74, 6) is 0.473. The fourth-order valence-electron chi connectivity index (χ4n) is 2.40. The van der Waals surface area contributed by atoms with Gasteiger partial charge in [0.1, 0.15) is 11.6 Å². The molecule has 3 rings (SSSR count). The van der Waals surface area contributed by atoms with E-state index in [1.165, 1.54) is 12.5 Å². The number of benzene rings is 1. The lowest BCUT2D eigenvalue weighted by Crippen LogP contribution is -2.15. The van der Waals surface area contributed by atoms with Gasteiger partial charge < -0.3 is 10.6 Å². The van der Waals surface area contributed by atoms with Crippen LogP contribution in [0.3, 0.4) is 0 Å². The fourth-order valence-corrected chi connectivity index (χ4v) is 2.40. The zero-order chi connectivity index (χ0) is 13.8. The van der Waals surface area contributed by atoms with Gasteiger partial charge in [-0.1, -0.05) is 18.2 Å². The van der Waals surface area contributed by atoms with Crippen molar-refractivity contribution in [2.24, 2.45) is 0 Å². The third-order valence-corrected chi connectivity index (χ3v) is 3.49. The van der Waals surface area contributed by atoms with Crippen molar-refractivity contribution in [1.82, 2.24) is 15.3 Å². The second kappa shape index (κ2) is 5.96. The highest BCUT2D eigenvalue weighted by Crippen LogP contribution is 2.21. The second-order valence-electron chi connectivity index (χ2n) is 4.92. The first-order chi connectivity index (χ1) is 9.83. The van der Waals surface area contributed by atoms with Gasteiger partial charge in [-0.05, 0) is 25.5 Å². The Kier molecular flexibility index (Phi) is 3.87. The van der Waals surface area contributed by atoms with Crippen LogP contribution in [0, 0.1) is 5.82 Å². The first-order valence-corrected chi connectivity index (χ1v) is 6.85. The van der Waals surface area contributed by atoms with E-state index < -0.39 is 0 Å². The van der Waals surface area contributed by atoms with Gasteiger partial charge in [-0.3, -0.25) is 4.98 Å². The van der Waals surface area contributed by atoms with E-state index in [0.29, 0.717) is 17.9 Å². The van der Waals surface area contributed by atoms with Crippen LogP contribution in [0.2, 0.25) is 0 Å². The molecule has 20 heavy (non-hydrogen) atoms. The topological polar surface area (TPSA) is 49.8 Å². The molecular weight excluding hydrogens is 255 g/mol. The molecule has 2 N–H and O–H groups in total. The molecule has 0 spiro atoms. The number of anilines is 1. The van der Waals surface area contributed by atoms with Crippen molar-refractivity contribution in [1.29, 1.82) is 0 Å². The Morgan fingerprint density at radius 1 is 1.30 bits per heavy atom. The Morgan fingerprint density at radius 3 is 3.00 bits per heavy atom. The van der Waals surface area contributed by atoms with Crippen LogP contribution in [-0.4, -0.2) is 16.5 Å². The Balaban J connectivity index is 1.68. The predicted octanol–water partition coefficient (Wildman–Crippen LogP) is 2.65. The maximum atomic E-state index is 13.5. The Labute approximate surface area is 117 Å². The molecule has 1 fully saturated rings. The SMILES string of the molecule is Fc1ccccc1CNc1cncc(C2CCCN2)n1. The average Bonchev–Trinajstić information content (AvgIpc) is 3.01. The van der Waals surface area contributed by atoms with Gasteiger partial charge in [0.15, 0.2) is 0 Å². The molecule has 1 saturated heterocycles. The molecule has 1 aliphatic heterocycles. The standard InChI is InChI=1S/C15H17FN4/c16-12-5-2-1-4-11(12)8-19-15-10-17-9-14(20-15)13-6-3-7-18-13/h1-2,4-5,9-10,13,18H,3,6-8H2,(H,19,20). The van der Waals surface area contributed by atoms with Crippen LogP contribution < -0.4 is 10.6 Å². The van der Waals surface area contributed by atoms with Crippen LogP contribution in [0.1, 0.15) is 30.1 Å². The summed E-state index contributed by atoms with van der Waals surface area (Å²) in [6.07, 6.45) is 5.71. The van der Waals surface area contributed by atoms with E-state index in [0.717, 1.165) is 18.7 Å². The lowest BCUT2D eigenvalue weighted by molar-refractivity contribution is 0.612. The number of hydrogen-bond acceptors (Lipinski definition) is 4. The number of halogens is 1. The van der Waals surface area contributed by atoms with Crippen LogP contribution in [0.4, 0.5) is 10.2 Å². The third kappa shape index (κ3) is 2.93. The van der Waals surface area contributed by atoms with Gasteiger partial charge in [-0.2, -0.15) is 0 Å². The number of aromatic nitrogens is 2. The molecule has 0 radical (unpaired) electrons. The monoisotopic (exact) mass is 272 g/mol. The van der Waals surface area contributed by atoms with E-state index in [2.05, 4.69) is 20.6 Å². The molecule has 0 saturated carbocycles. The van der Waals surface area contributed by atoms with Gasteiger partial charge in [0.2, 0.25) is 0 Å². The summed E-state index contributed by atoms with van der Waals surface area (Å²) in [7, 11) is 0. The molecule has 1 aromatic heterocycles. The minimum absolute atomic E-state index is 0.207. The Morgan fingerprint density at radius 2 is 2.20 bits per heavy atom. The molecule has 4 nitrogen and oxygen atoms in total. The van der Waals surface area contributed by atoms with Gasteiger partial charge >= 0.3 is 0 Å². The van der Waals surface area contributed by atoms with E-state index in [4.69, 9.17) is 0 Å². The summed E-state index contributed by atoms with van der Waals surface area (Å²) < 4.78 is 13.5. The molecule has 2 heterocycles. The molecular formula is C15H17FN4. The summed E-state index contributed by atoms with van der Waals surface area (Å²) in [4.78, 5) is 8.75. The molecule has 5 heteroatoms. The van der Waals surface area contributed by atoms with Gasteiger partial charge in [0.05, 0.1) is 24.1 Å². The largest absolute Gasteiger partial charge is 0.365 e. The van der Waals surface area contributed by atoms with Crippen LogP contribution in [0.15, 0.2) is 36.7 Å². The molecule has 0 bridgehead atoms. The number of nitrogens with one attached hydrogen (secondary N) is 2. The van der Waals surface area contributed by atoms with Gasteiger partial charge in [-0.15, -0.1) is 0 Å². The summed E-state index contributed by atoms with van der Waals surface area (Å²) >= 11 is 0. The van der Waals surface area contributed by atoms with Crippen molar-refractivity contribution in [3.8, 4) is 0 Å². The third-order valence-electron chi connectivity index (χ3n) is 3.49. The van der Waals surface area contributed by atoms with E-state index in [1.54, 1.807) is 24.5 Å². The number of nitrogens with zero attached hydrogens (tertiary/aromatic N) is 2. The van der Waals surface area contributed by atoms with Crippen LogP contribution in [0.25, 0.3) is 0 Å². The summed E-state index contributed by atoms with van der Waals surface area (Å²) in [6, 6.07) is 7.02. The van der Waals surface area contributed by atoms with Gasteiger partial charge in [0, 0.05) is 12.1 Å². The van der Waals surface area contributed by atoms with Crippen molar-refractivity contribution in [2.45, 2.75) is 25.4 Å². The highest BCUT2D eigenvalue weighted by atomic mass is 19.1. The molecule has 104 valence electrons. The minimum Gasteiger partial charge on any atom is -0.365 e. The van der Waals surface area contributed by atoms with Crippen molar-refractivity contribution in [2.75, 3.05) is 11.9 Å². The van der Waals surface area contributed by atoms with Crippen molar-refractivity contribution in [3.63, 3.8) is 0 Å². The maximum Gasteiger partial charge on any atom is 0.145 e. The zero-order valence-corrected chi connectivity index (χ0v) is 11.1. The number of hydrogen-bond donors (Lipinski definition) is 2. The molecule has 0 amide bonds. The molecule has 1 aromatic carbocycles. The molecule has 1 unspecified atom stereocenters. The minimum atomic E-state index is -0.207. The van der Waals surface area contributed by atoms with Gasteiger partial charge in [-0.25, -0.2) is 9.37 Å². The second-order valence-corrected chi connectivity index (χ2v) is 4.92. The predicted molar refractivity (Wildman–Crippen MR) is 75.7 cm³/mol. The molecule has 1 atom stereocenters. The van der Waals surface area contributed by atoms with Crippen LogP contribution >= 0.6 is 0 Å². The van der Waals surface area contributed by atoms with E-state index >= 15 is 0 Å². The van der Waals surface area contributed by atoms with Crippen molar-refractivity contribution < 1.29 is 4.39 Å². The lowest BCUT2D eigenvalue weighted by atomic mass is 10.2. The first kappa shape index (κ1) is 13.0. The summed E-state index contributed by atoms with van der Waals surface area (Å²) in [5, 5.41) is 6.52. The number of rotatable bonds is 4. The zero-order valence-electron chi connectivity index (χ0n) is 11.1. The highest BCUT2D eigenvalue weighted by Gasteiger charge is 2.17. The van der Waals surface area contributed by atoms with Crippen molar-refractivity contribution >= 4 is 5.82 Å². The average molecular weight is 272 g/mol. The molecule has 0 aliphatic carbocycles. The Hall–Kier alpha value is -2.01. The quantitative estimate of drug-likeness (QED) is 0.898. The Bertz CT molecular complexity index is 582. The van der Waals surface area contributed by atoms with E-state index in [9.17, 15) is 4.39 Å². The van der Waals surface area contributed by atoms with Crippen LogP contribution in [0.5, 0.6) is 0 Å². The van der Waals surface area contributed by atoms with Gasteiger partial charge in [0.25, 0.3) is 0 Å². The fraction of sp³-hybridized carbons (Fsp3) is 0.333. The maximum absolute atomic E-state index is 13.5. The van der Waals surface area contributed by atoms with Crippen LogP contribution in [-0.2, 0) is 6.54 Å². The lowest BCUT2D eigenvalue weighted by Gasteiger charge is -2.11. The van der Waals surface area contributed by atoms with E-state index in [-0.39, 0.29) is 11.9 Å². The normalized spacial score (nSPS) is 18.1. The smallest absolute Gasteiger partial charge is 0.145 e.